The Kier molecular flexibility index (Phi) is 3.81. The first kappa shape index (κ1) is 13.4. The van der Waals surface area contributed by atoms with Crippen LogP contribution in [-0.2, 0) is 9.47 Å². The second kappa shape index (κ2) is 5.41. The van der Waals surface area contributed by atoms with Crippen LogP contribution in [0, 0.1) is 5.92 Å². The Morgan fingerprint density at radius 3 is 2.74 bits per heavy atom. The fraction of sp³-hybridized carbons (Fsp3) is 0.600. The van der Waals surface area contributed by atoms with E-state index < -0.39 is 6.10 Å². The summed E-state index contributed by atoms with van der Waals surface area (Å²) < 4.78 is 11.4. The molecule has 104 valence electrons. The topological polar surface area (TPSA) is 38.7 Å². The zero-order chi connectivity index (χ0) is 13.3. The summed E-state index contributed by atoms with van der Waals surface area (Å²) in [5, 5.41) is 11.2. The van der Waals surface area contributed by atoms with Gasteiger partial charge in [-0.15, -0.1) is 0 Å². The third-order valence-corrected chi connectivity index (χ3v) is 4.51. The molecule has 2 saturated heterocycles. The Bertz CT molecular complexity index is 426. The van der Waals surface area contributed by atoms with E-state index in [1.54, 1.807) is 0 Å². The fourth-order valence-corrected chi connectivity index (χ4v) is 3.26. The third kappa shape index (κ3) is 2.79. The van der Waals surface area contributed by atoms with Gasteiger partial charge in [0.15, 0.2) is 0 Å². The van der Waals surface area contributed by atoms with Crippen LogP contribution in [-0.4, -0.2) is 30.5 Å². The number of ether oxygens (including phenoxy) is 2. The maximum Gasteiger partial charge on any atom is 0.0940 e. The molecular formula is C15H19ClO3. The minimum Gasteiger partial charge on any atom is -0.388 e. The lowest BCUT2D eigenvalue weighted by Crippen LogP contribution is -2.41. The van der Waals surface area contributed by atoms with Gasteiger partial charge in [0, 0.05) is 24.7 Å². The molecule has 3 nitrogen and oxygen atoms in total. The van der Waals surface area contributed by atoms with Gasteiger partial charge in [0.25, 0.3) is 0 Å². The molecule has 3 unspecified atom stereocenters. The summed E-state index contributed by atoms with van der Waals surface area (Å²) in [6.07, 6.45) is 2.26. The van der Waals surface area contributed by atoms with Crippen molar-refractivity contribution in [1.82, 2.24) is 0 Å². The summed E-state index contributed by atoms with van der Waals surface area (Å²) in [7, 11) is 0. The quantitative estimate of drug-likeness (QED) is 0.906. The van der Waals surface area contributed by atoms with E-state index in [2.05, 4.69) is 0 Å². The van der Waals surface area contributed by atoms with Crippen LogP contribution in [0.5, 0.6) is 0 Å². The highest BCUT2D eigenvalue weighted by atomic mass is 35.5. The molecule has 1 aromatic carbocycles. The van der Waals surface area contributed by atoms with Gasteiger partial charge in [-0.3, -0.25) is 0 Å². The molecule has 0 aliphatic carbocycles. The minimum absolute atomic E-state index is 0.156. The number of benzene rings is 1. The Labute approximate surface area is 118 Å². The minimum atomic E-state index is -0.446. The average molecular weight is 283 g/mol. The maximum absolute atomic E-state index is 10.5. The molecule has 0 bridgehead atoms. The predicted molar refractivity (Wildman–Crippen MR) is 73.3 cm³/mol. The Balaban J connectivity index is 1.72. The van der Waals surface area contributed by atoms with Gasteiger partial charge < -0.3 is 14.6 Å². The highest BCUT2D eigenvalue weighted by molar-refractivity contribution is 6.30. The van der Waals surface area contributed by atoms with Crippen molar-refractivity contribution in [3.8, 4) is 0 Å². The molecule has 2 aliphatic rings. The molecule has 1 spiro atoms. The Hall–Kier alpha value is -0.610. The molecule has 2 fully saturated rings. The molecule has 4 heteroatoms. The molecule has 1 N–H and O–H groups in total. The maximum atomic E-state index is 10.5. The summed E-state index contributed by atoms with van der Waals surface area (Å²) in [6, 6.07) is 7.46. The number of aliphatic hydroxyl groups excluding tert-OH is 1. The van der Waals surface area contributed by atoms with Crippen molar-refractivity contribution in [3.05, 3.63) is 34.9 Å². The van der Waals surface area contributed by atoms with Crippen LogP contribution >= 0.6 is 11.6 Å². The lowest BCUT2D eigenvalue weighted by Gasteiger charge is -2.39. The highest BCUT2D eigenvalue weighted by Gasteiger charge is 2.42. The lowest BCUT2D eigenvalue weighted by atomic mass is 9.80. The van der Waals surface area contributed by atoms with Gasteiger partial charge in [-0.1, -0.05) is 23.7 Å². The van der Waals surface area contributed by atoms with Gasteiger partial charge in [0.1, 0.15) is 0 Å². The molecule has 1 aromatic rings. The molecule has 2 heterocycles. The monoisotopic (exact) mass is 282 g/mol. The summed E-state index contributed by atoms with van der Waals surface area (Å²) in [5.41, 5.74) is 0.779. The fourth-order valence-electron chi connectivity index (χ4n) is 3.13. The number of halogens is 1. The standard InChI is InChI=1S/C15H19ClO3/c16-13-3-1-11(2-4-13)14(17)12-5-7-19-15(9-12)6-8-18-10-15/h1-4,12,14,17H,5-10H2. The van der Waals surface area contributed by atoms with Crippen LogP contribution in [0.25, 0.3) is 0 Å². The molecule has 0 aromatic heterocycles. The van der Waals surface area contributed by atoms with Crippen LogP contribution < -0.4 is 0 Å². The zero-order valence-corrected chi connectivity index (χ0v) is 11.6. The first-order valence-electron chi connectivity index (χ1n) is 6.84. The van der Waals surface area contributed by atoms with Gasteiger partial charge in [-0.05, 0) is 36.5 Å². The average Bonchev–Trinajstić information content (AvgIpc) is 2.87. The van der Waals surface area contributed by atoms with E-state index in [-0.39, 0.29) is 11.5 Å². The number of aliphatic hydroxyl groups is 1. The summed E-state index contributed by atoms with van der Waals surface area (Å²) in [6.45, 7) is 2.14. The second-order valence-corrected chi connectivity index (χ2v) is 6.02. The molecule has 3 rings (SSSR count). The van der Waals surface area contributed by atoms with E-state index in [4.69, 9.17) is 21.1 Å². The van der Waals surface area contributed by atoms with Crippen molar-refractivity contribution in [2.75, 3.05) is 19.8 Å². The number of hydrogen-bond acceptors (Lipinski definition) is 3. The van der Waals surface area contributed by atoms with Gasteiger partial charge >= 0.3 is 0 Å². The SMILES string of the molecule is OC(c1ccc(Cl)cc1)C1CCOC2(CCOC2)C1. The van der Waals surface area contributed by atoms with Crippen LogP contribution in [0.3, 0.4) is 0 Å². The predicted octanol–water partition coefficient (Wildman–Crippen LogP) is 2.96. The van der Waals surface area contributed by atoms with Crippen LogP contribution in [0.15, 0.2) is 24.3 Å². The van der Waals surface area contributed by atoms with Gasteiger partial charge in [-0.25, -0.2) is 0 Å². The Morgan fingerprint density at radius 2 is 2.05 bits per heavy atom. The largest absolute Gasteiger partial charge is 0.388 e. The van der Waals surface area contributed by atoms with Crippen molar-refractivity contribution in [3.63, 3.8) is 0 Å². The van der Waals surface area contributed by atoms with E-state index in [9.17, 15) is 5.11 Å². The van der Waals surface area contributed by atoms with Crippen molar-refractivity contribution < 1.29 is 14.6 Å². The van der Waals surface area contributed by atoms with Gasteiger partial charge in [0.2, 0.25) is 0 Å². The summed E-state index contributed by atoms with van der Waals surface area (Å²) in [4.78, 5) is 0. The normalized spacial score (nSPS) is 32.6. The second-order valence-electron chi connectivity index (χ2n) is 5.58. The van der Waals surface area contributed by atoms with E-state index >= 15 is 0 Å². The zero-order valence-electron chi connectivity index (χ0n) is 10.8. The third-order valence-electron chi connectivity index (χ3n) is 4.26. The van der Waals surface area contributed by atoms with E-state index in [1.165, 1.54) is 0 Å². The van der Waals surface area contributed by atoms with Crippen LogP contribution in [0.1, 0.15) is 30.9 Å². The van der Waals surface area contributed by atoms with Crippen LogP contribution in [0.2, 0.25) is 5.02 Å². The highest BCUT2D eigenvalue weighted by Crippen LogP contribution is 2.40. The molecular weight excluding hydrogens is 264 g/mol. The first-order chi connectivity index (χ1) is 9.19. The van der Waals surface area contributed by atoms with E-state index in [0.29, 0.717) is 18.2 Å². The first-order valence-corrected chi connectivity index (χ1v) is 7.22. The molecule has 3 atom stereocenters. The van der Waals surface area contributed by atoms with E-state index in [1.807, 2.05) is 24.3 Å². The summed E-state index contributed by atoms with van der Waals surface area (Å²) in [5.74, 6) is 0.233. The van der Waals surface area contributed by atoms with Crippen molar-refractivity contribution in [2.24, 2.45) is 5.92 Å². The summed E-state index contributed by atoms with van der Waals surface area (Å²) >= 11 is 5.88. The lowest BCUT2D eigenvalue weighted by molar-refractivity contribution is -0.117. The van der Waals surface area contributed by atoms with Gasteiger partial charge in [-0.2, -0.15) is 0 Å². The van der Waals surface area contributed by atoms with Crippen molar-refractivity contribution in [1.29, 1.82) is 0 Å². The molecule has 0 saturated carbocycles. The van der Waals surface area contributed by atoms with Gasteiger partial charge in [0.05, 0.1) is 18.3 Å². The number of rotatable bonds is 2. The van der Waals surface area contributed by atoms with Crippen molar-refractivity contribution in [2.45, 2.75) is 31.0 Å². The molecule has 0 radical (unpaired) electrons. The van der Waals surface area contributed by atoms with Crippen molar-refractivity contribution >= 4 is 11.6 Å². The molecule has 0 amide bonds. The number of hydrogen-bond donors (Lipinski definition) is 1. The van der Waals surface area contributed by atoms with Crippen LogP contribution in [0.4, 0.5) is 0 Å². The smallest absolute Gasteiger partial charge is 0.0940 e. The molecule has 2 aliphatic heterocycles. The molecule has 19 heavy (non-hydrogen) atoms. The van der Waals surface area contributed by atoms with E-state index in [0.717, 1.165) is 31.4 Å². The Morgan fingerprint density at radius 1 is 1.26 bits per heavy atom.